The zero-order valence-electron chi connectivity index (χ0n) is 18.8. The van der Waals surface area contributed by atoms with Gasteiger partial charge in [-0.1, -0.05) is 12.1 Å². The first-order chi connectivity index (χ1) is 15.7. The molecule has 8 nitrogen and oxygen atoms in total. The Hall–Kier alpha value is -3.62. The highest BCUT2D eigenvalue weighted by atomic mass is 19.1. The number of hydrazone groups is 1. The van der Waals surface area contributed by atoms with Crippen molar-refractivity contribution in [3.05, 3.63) is 41.7 Å². The van der Waals surface area contributed by atoms with Crippen molar-refractivity contribution in [2.24, 2.45) is 5.10 Å². The number of rotatable bonds is 3. The molecule has 1 amide bonds. The highest BCUT2D eigenvalue weighted by Crippen LogP contribution is 2.43. The van der Waals surface area contributed by atoms with Gasteiger partial charge in [0, 0.05) is 24.2 Å². The summed E-state index contributed by atoms with van der Waals surface area (Å²) in [6.07, 6.45) is 3.44. The van der Waals surface area contributed by atoms with Crippen molar-refractivity contribution in [3.63, 3.8) is 0 Å². The molecule has 1 unspecified atom stereocenters. The van der Waals surface area contributed by atoms with E-state index in [2.05, 4.69) is 15.8 Å². The fraction of sp³-hybridized carbons (Fsp3) is 0.375. The summed E-state index contributed by atoms with van der Waals surface area (Å²) < 4.78 is 20.2. The third kappa shape index (κ3) is 4.62. The fourth-order valence-electron chi connectivity index (χ4n) is 3.96. The standard InChI is InChI=1S/C22H23FN4O2.C2H4O2/c1-12-6-7-14(8-17(12)23)16-9-20-19(10-18(16)24-15-4-3-5-15)27-13(2)22(28)26-25-21(27)11-29-20;1-2(3)4/h6-10,13,15,24H,3-5,11H2,1-2H3,(H,26,28);1H3,(H,3,4). The molecule has 1 aliphatic carbocycles. The summed E-state index contributed by atoms with van der Waals surface area (Å²) in [6, 6.07) is 9.25. The molecule has 2 heterocycles. The number of hydrogen-bond donors (Lipinski definition) is 3. The number of aliphatic carboxylic acids is 1. The van der Waals surface area contributed by atoms with Crippen LogP contribution in [-0.4, -0.2) is 41.5 Å². The second kappa shape index (κ2) is 9.09. The molecular formula is C24H27FN4O4. The molecule has 1 saturated carbocycles. The normalized spacial score (nSPS) is 18.9. The van der Waals surface area contributed by atoms with Crippen LogP contribution in [0, 0.1) is 12.7 Å². The molecule has 3 aliphatic rings. The number of carboxylic acid groups (broad SMARTS) is 1. The topological polar surface area (TPSA) is 103 Å². The lowest BCUT2D eigenvalue weighted by molar-refractivity contribution is -0.134. The maximum atomic E-state index is 14.3. The number of carbonyl (C=O) groups excluding carboxylic acids is 1. The van der Waals surface area contributed by atoms with Gasteiger partial charge < -0.3 is 20.1 Å². The first kappa shape index (κ1) is 22.6. The van der Waals surface area contributed by atoms with Crippen molar-refractivity contribution in [2.75, 3.05) is 16.8 Å². The molecule has 0 spiro atoms. The minimum absolute atomic E-state index is 0.153. The van der Waals surface area contributed by atoms with E-state index in [4.69, 9.17) is 14.6 Å². The predicted octanol–water partition coefficient (Wildman–Crippen LogP) is 3.89. The number of nitrogens with zero attached hydrogens (tertiary/aromatic N) is 2. The Kier molecular flexibility index (Phi) is 6.22. The van der Waals surface area contributed by atoms with Crippen molar-refractivity contribution < 1.29 is 23.8 Å². The number of carboxylic acids is 1. The summed E-state index contributed by atoms with van der Waals surface area (Å²) in [6.45, 7) is 4.96. The molecule has 3 N–H and O–H groups in total. The van der Waals surface area contributed by atoms with Crippen molar-refractivity contribution in [2.45, 2.75) is 52.1 Å². The molecule has 0 radical (unpaired) electrons. The first-order valence-corrected chi connectivity index (χ1v) is 10.9. The zero-order chi connectivity index (χ0) is 23.7. The van der Waals surface area contributed by atoms with Gasteiger partial charge in [-0.3, -0.25) is 9.59 Å². The number of fused-ring (bicyclic) bond motifs is 3. The number of anilines is 2. The lowest BCUT2D eigenvalue weighted by Crippen LogP contribution is -2.55. The van der Waals surface area contributed by atoms with Crippen LogP contribution < -0.4 is 20.4 Å². The molecule has 5 rings (SSSR count). The summed E-state index contributed by atoms with van der Waals surface area (Å²) >= 11 is 0. The maximum Gasteiger partial charge on any atom is 0.300 e. The van der Waals surface area contributed by atoms with E-state index < -0.39 is 5.97 Å². The van der Waals surface area contributed by atoms with Gasteiger partial charge in [-0.25, -0.2) is 9.82 Å². The molecule has 0 aromatic heterocycles. The summed E-state index contributed by atoms with van der Waals surface area (Å²) in [5.41, 5.74) is 6.57. The molecule has 1 fully saturated rings. The van der Waals surface area contributed by atoms with Crippen LogP contribution in [0.5, 0.6) is 5.75 Å². The van der Waals surface area contributed by atoms with Crippen LogP contribution in [0.25, 0.3) is 11.1 Å². The second-order valence-corrected chi connectivity index (χ2v) is 8.46. The summed E-state index contributed by atoms with van der Waals surface area (Å²) in [5, 5.41) is 15.2. The first-order valence-electron chi connectivity index (χ1n) is 10.9. The van der Waals surface area contributed by atoms with Gasteiger partial charge in [-0.2, -0.15) is 5.10 Å². The highest BCUT2D eigenvalue weighted by Gasteiger charge is 2.36. The molecule has 9 heteroatoms. The SMILES string of the molecule is CC(=O)O.Cc1ccc(-c2cc3c(cc2NC2CCC2)N2C(=NNC(=O)C2C)CO3)cc1F. The van der Waals surface area contributed by atoms with Crippen LogP contribution in [0.3, 0.4) is 0 Å². The average molecular weight is 455 g/mol. The molecule has 2 aromatic rings. The molecule has 0 saturated heterocycles. The third-order valence-electron chi connectivity index (χ3n) is 6.00. The molecule has 1 atom stereocenters. The summed E-state index contributed by atoms with van der Waals surface area (Å²) in [5.74, 6) is 0.125. The van der Waals surface area contributed by atoms with Crippen molar-refractivity contribution >= 4 is 29.1 Å². The number of carbonyl (C=O) groups is 2. The van der Waals surface area contributed by atoms with Gasteiger partial charge in [0.2, 0.25) is 0 Å². The molecular weight excluding hydrogens is 427 g/mol. The number of benzene rings is 2. The Morgan fingerprint density at radius 2 is 2.03 bits per heavy atom. The van der Waals surface area contributed by atoms with Crippen LogP contribution in [-0.2, 0) is 9.59 Å². The molecule has 174 valence electrons. The van der Waals surface area contributed by atoms with Gasteiger partial charge in [0.15, 0.2) is 5.84 Å². The molecule has 2 aliphatic heterocycles. The molecule has 0 bridgehead atoms. The number of amides is 1. The Balaban J connectivity index is 0.000000601. The van der Waals surface area contributed by atoms with Crippen molar-refractivity contribution in [3.8, 4) is 16.9 Å². The van der Waals surface area contributed by atoms with Gasteiger partial charge in [-0.15, -0.1) is 0 Å². The minimum Gasteiger partial charge on any atom is -0.483 e. The number of ether oxygens (including phenoxy) is 1. The molecule has 2 aromatic carbocycles. The van der Waals surface area contributed by atoms with E-state index >= 15 is 0 Å². The van der Waals surface area contributed by atoms with E-state index in [9.17, 15) is 9.18 Å². The van der Waals surface area contributed by atoms with Gasteiger partial charge in [-0.05, 0) is 62.4 Å². The van der Waals surface area contributed by atoms with Crippen LogP contribution in [0.1, 0.15) is 38.7 Å². The fourth-order valence-corrected chi connectivity index (χ4v) is 3.96. The Morgan fingerprint density at radius 3 is 2.67 bits per heavy atom. The number of hydrogen-bond acceptors (Lipinski definition) is 6. The number of halogens is 1. The number of amidine groups is 1. The van der Waals surface area contributed by atoms with Gasteiger partial charge >= 0.3 is 0 Å². The lowest BCUT2D eigenvalue weighted by Gasteiger charge is -2.39. The highest BCUT2D eigenvalue weighted by molar-refractivity contribution is 6.10. The second-order valence-electron chi connectivity index (χ2n) is 8.46. The largest absolute Gasteiger partial charge is 0.483 e. The lowest BCUT2D eigenvalue weighted by atomic mass is 9.91. The van der Waals surface area contributed by atoms with Crippen LogP contribution >= 0.6 is 0 Å². The van der Waals surface area contributed by atoms with E-state index in [0.717, 1.165) is 42.3 Å². The van der Waals surface area contributed by atoms with Crippen molar-refractivity contribution in [1.29, 1.82) is 0 Å². The Bertz CT molecular complexity index is 1130. The smallest absolute Gasteiger partial charge is 0.300 e. The van der Waals surface area contributed by atoms with Crippen LogP contribution in [0.15, 0.2) is 35.4 Å². The number of aryl methyl sites for hydroxylation is 1. The monoisotopic (exact) mass is 454 g/mol. The predicted molar refractivity (Wildman–Crippen MR) is 124 cm³/mol. The van der Waals surface area contributed by atoms with E-state index in [0.29, 0.717) is 23.2 Å². The maximum absolute atomic E-state index is 14.3. The zero-order valence-corrected chi connectivity index (χ0v) is 18.8. The van der Waals surface area contributed by atoms with Gasteiger partial charge in [0.05, 0.1) is 5.69 Å². The van der Waals surface area contributed by atoms with Gasteiger partial charge in [0.25, 0.3) is 11.9 Å². The van der Waals surface area contributed by atoms with Gasteiger partial charge in [0.1, 0.15) is 24.2 Å². The van der Waals surface area contributed by atoms with Crippen LogP contribution in [0.4, 0.5) is 15.8 Å². The van der Waals surface area contributed by atoms with E-state index in [1.807, 2.05) is 30.0 Å². The summed E-state index contributed by atoms with van der Waals surface area (Å²) in [4.78, 5) is 23.1. The Labute approximate surface area is 191 Å². The van der Waals surface area contributed by atoms with Crippen molar-refractivity contribution in [1.82, 2.24) is 5.43 Å². The van der Waals surface area contributed by atoms with Crippen LogP contribution in [0.2, 0.25) is 0 Å². The third-order valence-corrected chi connectivity index (χ3v) is 6.00. The van der Waals surface area contributed by atoms with E-state index in [-0.39, 0.29) is 24.4 Å². The quantitative estimate of drug-likeness (QED) is 0.650. The summed E-state index contributed by atoms with van der Waals surface area (Å²) in [7, 11) is 0. The average Bonchev–Trinajstić information content (AvgIpc) is 2.74. The Morgan fingerprint density at radius 1 is 1.30 bits per heavy atom. The number of nitrogens with one attached hydrogen (secondary N) is 2. The molecule has 33 heavy (non-hydrogen) atoms. The van der Waals surface area contributed by atoms with E-state index in [1.54, 1.807) is 19.1 Å². The van der Waals surface area contributed by atoms with E-state index in [1.165, 1.54) is 6.42 Å². The minimum atomic E-state index is -0.833.